The minimum Gasteiger partial charge on any atom is -0.0656 e. The smallest absolute Gasteiger partial charge is 0.0656 e. The van der Waals surface area contributed by atoms with E-state index in [0.717, 1.165) is 0 Å². The van der Waals surface area contributed by atoms with Gasteiger partial charge in [0.1, 0.15) is 0 Å². The summed E-state index contributed by atoms with van der Waals surface area (Å²) in [5.74, 6) is 0. The third-order valence-corrected chi connectivity index (χ3v) is 22.4. The van der Waals surface area contributed by atoms with E-state index in [-0.39, 0.29) is 0 Å². The molecule has 3 aromatic carbocycles. The molecule has 43 heavy (non-hydrogen) atoms. The molecule has 3 aromatic rings. The van der Waals surface area contributed by atoms with E-state index in [1.165, 1.54) is 27.8 Å². The summed E-state index contributed by atoms with van der Waals surface area (Å²) in [5.41, 5.74) is 11.0. The Balaban J connectivity index is 2.24. The second-order valence-corrected chi connectivity index (χ2v) is 35.7. The van der Waals surface area contributed by atoms with Crippen molar-refractivity contribution in [3.63, 3.8) is 0 Å². The number of hydrogen-bond acceptors (Lipinski definition) is 0. The van der Waals surface area contributed by atoms with Crippen molar-refractivity contribution < 1.29 is 0 Å². The van der Waals surface area contributed by atoms with Crippen LogP contribution in [0.4, 0.5) is 0 Å². The monoisotopic (exact) mass is 638 g/mol. The SMILES string of the molecule is CC1=C(C)C([Si](c2ccc([Si](C)(C)C)c(C)c2)(c2ccc([Si](C)(C)C)c(C)c2)c2ccc([Si](C)(C)C)c(C)c2)C(C)=C1C. The molecule has 0 spiro atoms. The highest BCUT2D eigenvalue weighted by Gasteiger charge is 2.51. The Bertz CT molecular complexity index is 1450. The first-order valence-electron chi connectivity index (χ1n) is 16.3. The summed E-state index contributed by atoms with van der Waals surface area (Å²) < 4.78 is 0. The van der Waals surface area contributed by atoms with Crippen LogP contribution in [0.3, 0.4) is 0 Å². The van der Waals surface area contributed by atoms with E-state index in [0.29, 0.717) is 5.54 Å². The second kappa shape index (κ2) is 11.4. The summed E-state index contributed by atoms with van der Waals surface area (Å²) >= 11 is 0. The third kappa shape index (κ3) is 5.90. The van der Waals surface area contributed by atoms with Crippen molar-refractivity contribution in [1.29, 1.82) is 0 Å². The fraction of sp³-hybridized carbons (Fsp3) is 0.436. The van der Waals surface area contributed by atoms with Crippen molar-refractivity contribution in [2.24, 2.45) is 0 Å². The lowest BCUT2D eigenvalue weighted by Crippen LogP contribution is -2.71. The highest BCUT2D eigenvalue weighted by molar-refractivity contribution is 7.13. The van der Waals surface area contributed by atoms with Gasteiger partial charge in [-0.3, -0.25) is 0 Å². The van der Waals surface area contributed by atoms with E-state index < -0.39 is 32.3 Å². The van der Waals surface area contributed by atoms with Crippen molar-refractivity contribution in [1.82, 2.24) is 0 Å². The quantitative estimate of drug-likeness (QED) is 0.183. The van der Waals surface area contributed by atoms with E-state index in [9.17, 15) is 0 Å². The Morgan fingerprint density at radius 3 is 0.860 bits per heavy atom. The molecular weight excluding hydrogens is 581 g/mol. The summed E-state index contributed by atoms with van der Waals surface area (Å²) in [7, 11) is -7.01. The van der Waals surface area contributed by atoms with Crippen LogP contribution in [-0.4, -0.2) is 32.3 Å². The van der Waals surface area contributed by atoms with Gasteiger partial charge in [-0.2, -0.15) is 0 Å². The predicted molar refractivity (Wildman–Crippen MR) is 208 cm³/mol. The average Bonchev–Trinajstić information content (AvgIpc) is 3.05. The van der Waals surface area contributed by atoms with Gasteiger partial charge in [0.25, 0.3) is 0 Å². The zero-order chi connectivity index (χ0) is 32.4. The maximum Gasteiger partial charge on any atom is 0.159 e. The maximum absolute atomic E-state index is 2.63. The summed E-state index contributed by atoms with van der Waals surface area (Å²) in [6.07, 6.45) is 0. The molecule has 0 bridgehead atoms. The van der Waals surface area contributed by atoms with Gasteiger partial charge in [-0.15, -0.1) is 0 Å². The number of aryl methyl sites for hydroxylation is 3. The first-order valence-corrected chi connectivity index (χ1v) is 28.9. The molecule has 0 aromatic heterocycles. The largest absolute Gasteiger partial charge is 0.159 e. The van der Waals surface area contributed by atoms with Crippen molar-refractivity contribution in [2.75, 3.05) is 0 Å². The highest BCUT2D eigenvalue weighted by Crippen LogP contribution is 2.46. The average molecular weight is 639 g/mol. The number of allylic oxidation sites excluding steroid dienone is 4. The molecule has 4 heteroatoms. The van der Waals surface area contributed by atoms with Gasteiger partial charge in [0.15, 0.2) is 8.07 Å². The maximum atomic E-state index is 2.63. The minimum atomic E-state index is -2.61. The molecule has 0 N–H and O–H groups in total. The van der Waals surface area contributed by atoms with Crippen LogP contribution >= 0.6 is 0 Å². The van der Waals surface area contributed by atoms with Crippen LogP contribution in [0.2, 0.25) is 64.5 Å². The lowest BCUT2D eigenvalue weighted by molar-refractivity contribution is 1.09. The predicted octanol–water partition coefficient (Wildman–Crippen LogP) is 7.77. The molecule has 0 fully saturated rings. The van der Waals surface area contributed by atoms with Crippen LogP contribution < -0.4 is 31.1 Å². The lowest BCUT2D eigenvalue weighted by Gasteiger charge is -2.42. The van der Waals surface area contributed by atoms with E-state index >= 15 is 0 Å². The molecular formula is C39H58Si4. The Hall–Kier alpha value is -1.99. The van der Waals surface area contributed by atoms with Gasteiger partial charge < -0.3 is 0 Å². The molecule has 0 saturated carbocycles. The van der Waals surface area contributed by atoms with Gasteiger partial charge in [0.05, 0.1) is 24.2 Å². The Labute approximate surface area is 268 Å². The molecule has 1 aliphatic carbocycles. The summed E-state index contributed by atoms with van der Waals surface area (Å²) in [4.78, 5) is 0. The van der Waals surface area contributed by atoms with Crippen LogP contribution in [0.25, 0.3) is 0 Å². The molecule has 0 heterocycles. The summed E-state index contributed by atoms with van der Waals surface area (Å²) in [6, 6.07) is 23.2. The Morgan fingerprint density at radius 1 is 0.395 bits per heavy atom. The van der Waals surface area contributed by atoms with E-state index in [2.05, 4.69) is 162 Å². The number of benzene rings is 3. The normalized spacial score (nSPS) is 15.6. The molecule has 0 unspecified atom stereocenters. The standard InChI is InChI=1S/C39H58Si4/c1-26-23-33(17-20-36(26)40(8,9)10)43(39-31(6)29(4)30(5)32(39)7,34-18-21-37(27(2)24-34)41(11,12)13)35-19-22-38(28(3)25-35)42(14,15)16/h17-25,39H,1-16H3. The summed E-state index contributed by atoms with van der Waals surface area (Å²) in [5, 5.41) is 9.48. The molecule has 0 aliphatic heterocycles. The van der Waals surface area contributed by atoms with Crippen LogP contribution in [-0.2, 0) is 0 Å². The van der Waals surface area contributed by atoms with Crippen molar-refractivity contribution in [3.8, 4) is 0 Å². The van der Waals surface area contributed by atoms with Crippen LogP contribution in [0, 0.1) is 20.8 Å². The van der Waals surface area contributed by atoms with Crippen molar-refractivity contribution in [2.45, 2.75) is 113 Å². The molecule has 4 rings (SSSR count). The van der Waals surface area contributed by atoms with Crippen LogP contribution in [0.15, 0.2) is 76.9 Å². The third-order valence-electron chi connectivity index (χ3n) is 10.5. The highest BCUT2D eigenvalue weighted by atomic mass is 28.3. The van der Waals surface area contributed by atoms with Gasteiger partial charge >= 0.3 is 0 Å². The summed E-state index contributed by atoms with van der Waals surface area (Å²) in [6.45, 7) is 39.1. The lowest BCUT2D eigenvalue weighted by atomic mass is 10.1. The first-order chi connectivity index (χ1) is 19.6. The van der Waals surface area contributed by atoms with E-state index in [4.69, 9.17) is 0 Å². The molecule has 0 saturated heterocycles. The molecule has 0 atom stereocenters. The van der Waals surface area contributed by atoms with Crippen LogP contribution in [0.5, 0.6) is 0 Å². The number of rotatable bonds is 7. The molecule has 0 nitrogen and oxygen atoms in total. The molecule has 230 valence electrons. The second-order valence-electron chi connectivity index (χ2n) is 16.7. The molecule has 0 radical (unpaired) electrons. The zero-order valence-corrected chi connectivity index (χ0v) is 34.3. The fourth-order valence-electron chi connectivity index (χ4n) is 8.25. The van der Waals surface area contributed by atoms with Gasteiger partial charge in [-0.05, 0) is 75.2 Å². The van der Waals surface area contributed by atoms with E-state index in [1.807, 2.05) is 0 Å². The molecule has 0 amide bonds. The van der Waals surface area contributed by atoms with Crippen molar-refractivity contribution >= 4 is 63.4 Å². The molecule has 1 aliphatic rings. The van der Waals surface area contributed by atoms with Gasteiger partial charge in [-0.25, -0.2) is 0 Å². The fourth-order valence-corrected chi connectivity index (χ4v) is 19.9. The topological polar surface area (TPSA) is 0 Å². The van der Waals surface area contributed by atoms with Crippen LogP contribution in [0.1, 0.15) is 44.4 Å². The minimum absolute atomic E-state index is 0.402. The van der Waals surface area contributed by atoms with E-state index in [1.54, 1.807) is 42.3 Å². The zero-order valence-electron chi connectivity index (χ0n) is 30.3. The Kier molecular flexibility index (Phi) is 9.00. The van der Waals surface area contributed by atoms with Gasteiger partial charge in [0.2, 0.25) is 0 Å². The van der Waals surface area contributed by atoms with Crippen molar-refractivity contribution in [3.05, 3.63) is 93.6 Å². The number of hydrogen-bond donors (Lipinski definition) is 0. The Morgan fingerprint density at radius 2 is 0.651 bits per heavy atom. The first kappa shape index (κ1) is 33.9. The van der Waals surface area contributed by atoms with Gasteiger partial charge in [-0.1, -0.05) is 157 Å². The van der Waals surface area contributed by atoms with Gasteiger partial charge in [0, 0.05) is 5.54 Å².